The number of unbranched alkanes of at least 4 members (excludes halogenated alkanes) is 22. The van der Waals surface area contributed by atoms with Crippen molar-refractivity contribution in [1.82, 2.24) is 0 Å². The van der Waals surface area contributed by atoms with Gasteiger partial charge < -0.3 is 14.0 Å². The molecular weight excluding hydrogens is 466 g/mol. The lowest BCUT2D eigenvalue weighted by molar-refractivity contribution is -0.873. The van der Waals surface area contributed by atoms with Gasteiger partial charge in [-0.25, -0.2) is 0 Å². The lowest BCUT2D eigenvalue weighted by atomic mass is 10.1. The van der Waals surface area contributed by atoms with Crippen molar-refractivity contribution in [2.45, 2.75) is 180 Å². The molecule has 0 bridgehead atoms. The van der Waals surface area contributed by atoms with Crippen LogP contribution in [0.4, 0.5) is 0 Å². The average molecular weight is 541 g/mol. The van der Waals surface area contributed by atoms with Crippen molar-refractivity contribution in [3.8, 4) is 0 Å². The molecule has 0 saturated heterocycles. The van der Waals surface area contributed by atoms with E-state index in [1.54, 1.807) is 0 Å². The van der Waals surface area contributed by atoms with Gasteiger partial charge in [-0.3, -0.25) is 0 Å². The largest absolute Gasteiger partial charge is 0.381 e. The maximum absolute atomic E-state index is 6.33. The number of nitrogens with zero attached hydrogens (tertiary/aromatic N) is 1. The quantitative estimate of drug-likeness (QED) is 0.0624. The Hall–Kier alpha value is -0.120. The molecule has 0 aliphatic carbocycles. The number of quaternary nitrogens is 1. The van der Waals surface area contributed by atoms with Crippen molar-refractivity contribution in [3.05, 3.63) is 0 Å². The van der Waals surface area contributed by atoms with Crippen molar-refractivity contribution >= 4 is 0 Å². The Morgan fingerprint density at radius 1 is 0.421 bits per heavy atom. The van der Waals surface area contributed by atoms with Crippen LogP contribution in [0, 0.1) is 0 Å². The Labute approximate surface area is 241 Å². The van der Waals surface area contributed by atoms with Gasteiger partial charge in [0, 0.05) is 26.2 Å². The van der Waals surface area contributed by atoms with Crippen LogP contribution in [0.2, 0.25) is 0 Å². The van der Waals surface area contributed by atoms with Crippen LogP contribution in [-0.4, -0.2) is 58.1 Å². The molecule has 230 valence electrons. The molecule has 3 nitrogen and oxygen atoms in total. The minimum atomic E-state index is 0.324. The second-order valence-corrected chi connectivity index (χ2v) is 13.1. The normalized spacial score (nSPS) is 12.9. The van der Waals surface area contributed by atoms with Crippen LogP contribution in [0.15, 0.2) is 0 Å². The van der Waals surface area contributed by atoms with Crippen LogP contribution in [0.25, 0.3) is 0 Å². The molecule has 1 atom stereocenters. The smallest absolute Gasteiger partial charge is 0.109 e. The lowest BCUT2D eigenvalue weighted by Crippen LogP contribution is -2.43. The van der Waals surface area contributed by atoms with Gasteiger partial charge in [-0.05, 0) is 12.8 Å². The van der Waals surface area contributed by atoms with Gasteiger partial charge in [0.05, 0.1) is 21.1 Å². The summed E-state index contributed by atoms with van der Waals surface area (Å²) in [5.41, 5.74) is 0. The summed E-state index contributed by atoms with van der Waals surface area (Å²) in [7, 11) is 6.81. The molecule has 0 saturated carbocycles. The highest BCUT2D eigenvalue weighted by atomic mass is 16.5. The molecule has 0 aromatic carbocycles. The zero-order valence-corrected chi connectivity index (χ0v) is 27.3. The molecule has 1 unspecified atom stereocenters. The van der Waals surface area contributed by atoms with Crippen LogP contribution in [-0.2, 0) is 9.47 Å². The maximum Gasteiger partial charge on any atom is 0.109 e. The zero-order valence-electron chi connectivity index (χ0n) is 27.3. The molecule has 0 N–H and O–H groups in total. The number of rotatable bonds is 32. The summed E-state index contributed by atoms with van der Waals surface area (Å²) < 4.78 is 13.3. The highest BCUT2D eigenvalue weighted by molar-refractivity contribution is 4.58. The minimum absolute atomic E-state index is 0.324. The summed E-state index contributed by atoms with van der Waals surface area (Å²) in [6.45, 7) is 8.35. The fraction of sp³-hybridized carbons (Fsp3) is 1.00. The van der Waals surface area contributed by atoms with Crippen molar-refractivity contribution in [2.75, 3.05) is 47.5 Å². The minimum Gasteiger partial charge on any atom is -0.381 e. The SMILES string of the molecule is CCCCCCCCCCCCCCOCCC(C[N+](C)(C)C)OCCCCCCCCCCCCCC. The molecule has 0 aliphatic heterocycles. The molecule has 0 rings (SSSR count). The van der Waals surface area contributed by atoms with E-state index in [0.29, 0.717) is 6.10 Å². The van der Waals surface area contributed by atoms with Gasteiger partial charge in [-0.1, -0.05) is 155 Å². The van der Waals surface area contributed by atoms with Crippen molar-refractivity contribution in [2.24, 2.45) is 0 Å². The van der Waals surface area contributed by atoms with Crippen LogP contribution >= 0.6 is 0 Å². The topological polar surface area (TPSA) is 18.5 Å². The Morgan fingerprint density at radius 3 is 1.13 bits per heavy atom. The van der Waals surface area contributed by atoms with E-state index in [2.05, 4.69) is 35.0 Å². The Bertz CT molecular complexity index is 434. The molecular formula is C35H74NO2+. The summed E-state index contributed by atoms with van der Waals surface area (Å²) in [5.74, 6) is 0. The lowest BCUT2D eigenvalue weighted by Gasteiger charge is -2.29. The van der Waals surface area contributed by atoms with Crippen LogP contribution in [0.3, 0.4) is 0 Å². The van der Waals surface area contributed by atoms with E-state index in [0.717, 1.165) is 37.3 Å². The van der Waals surface area contributed by atoms with Gasteiger partial charge in [0.25, 0.3) is 0 Å². The van der Waals surface area contributed by atoms with Crippen LogP contribution < -0.4 is 0 Å². The second kappa shape index (κ2) is 29.9. The first-order chi connectivity index (χ1) is 18.5. The fourth-order valence-corrected chi connectivity index (χ4v) is 5.39. The van der Waals surface area contributed by atoms with Gasteiger partial charge in [-0.15, -0.1) is 0 Å². The molecule has 3 heteroatoms. The molecule has 0 spiro atoms. The standard InChI is InChI=1S/C35H74NO2/c1-6-8-10-12-14-16-18-20-22-24-26-28-31-37-33-30-35(34-36(3,4)5)38-32-29-27-25-23-21-19-17-15-13-11-9-7-2/h35H,6-34H2,1-5H3/q+1. The molecule has 0 heterocycles. The van der Waals surface area contributed by atoms with Gasteiger partial charge in [0.1, 0.15) is 12.6 Å². The van der Waals surface area contributed by atoms with E-state index >= 15 is 0 Å². The summed E-state index contributed by atoms with van der Waals surface area (Å²) in [5, 5.41) is 0. The number of hydrogen-bond acceptors (Lipinski definition) is 2. The fourth-order valence-electron chi connectivity index (χ4n) is 5.39. The predicted molar refractivity (Wildman–Crippen MR) is 170 cm³/mol. The molecule has 0 amide bonds. The van der Waals surface area contributed by atoms with E-state index in [1.807, 2.05) is 0 Å². The highest BCUT2D eigenvalue weighted by Crippen LogP contribution is 2.14. The van der Waals surface area contributed by atoms with Crippen LogP contribution in [0.1, 0.15) is 174 Å². The average Bonchev–Trinajstić information content (AvgIpc) is 2.88. The highest BCUT2D eigenvalue weighted by Gasteiger charge is 2.18. The number of ether oxygens (including phenoxy) is 2. The molecule has 38 heavy (non-hydrogen) atoms. The molecule has 0 aromatic heterocycles. The Balaban J connectivity index is 3.60. The summed E-state index contributed by atoms with van der Waals surface area (Å²) in [6.07, 6.45) is 34.9. The summed E-state index contributed by atoms with van der Waals surface area (Å²) in [4.78, 5) is 0. The predicted octanol–water partition coefficient (Wildman–Crippen LogP) is 10.9. The third-order valence-electron chi connectivity index (χ3n) is 7.83. The van der Waals surface area contributed by atoms with E-state index < -0.39 is 0 Å². The van der Waals surface area contributed by atoms with Gasteiger partial charge in [0.15, 0.2) is 0 Å². The first kappa shape index (κ1) is 37.9. The third kappa shape index (κ3) is 32.1. The summed E-state index contributed by atoms with van der Waals surface area (Å²) in [6, 6.07) is 0. The van der Waals surface area contributed by atoms with Gasteiger partial charge in [0.2, 0.25) is 0 Å². The van der Waals surface area contributed by atoms with E-state index in [4.69, 9.17) is 9.47 Å². The molecule has 0 aliphatic rings. The molecule has 0 fully saturated rings. The number of hydrogen-bond donors (Lipinski definition) is 0. The van der Waals surface area contributed by atoms with E-state index in [-0.39, 0.29) is 0 Å². The van der Waals surface area contributed by atoms with E-state index in [9.17, 15) is 0 Å². The zero-order chi connectivity index (χ0) is 28.0. The molecule has 0 aromatic rings. The van der Waals surface area contributed by atoms with Crippen molar-refractivity contribution in [1.29, 1.82) is 0 Å². The van der Waals surface area contributed by atoms with Gasteiger partial charge >= 0.3 is 0 Å². The Morgan fingerprint density at radius 2 is 0.763 bits per heavy atom. The first-order valence-corrected chi connectivity index (χ1v) is 17.5. The Kier molecular flexibility index (Phi) is 29.8. The number of likely N-dealkylation sites (N-methyl/N-ethyl adjacent to an activating group) is 1. The maximum atomic E-state index is 6.33. The van der Waals surface area contributed by atoms with Crippen LogP contribution in [0.5, 0.6) is 0 Å². The van der Waals surface area contributed by atoms with Crippen molar-refractivity contribution < 1.29 is 14.0 Å². The van der Waals surface area contributed by atoms with Crippen molar-refractivity contribution in [3.63, 3.8) is 0 Å². The first-order valence-electron chi connectivity index (χ1n) is 17.5. The third-order valence-corrected chi connectivity index (χ3v) is 7.83. The van der Waals surface area contributed by atoms with E-state index in [1.165, 1.54) is 154 Å². The van der Waals surface area contributed by atoms with Gasteiger partial charge in [-0.2, -0.15) is 0 Å². The summed E-state index contributed by atoms with van der Waals surface area (Å²) >= 11 is 0. The monoisotopic (exact) mass is 541 g/mol. The second-order valence-electron chi connectivity index (χ2n) is 13.1. The molecule has 0 radical (unpaired) electrons.